The van der Waals surface area contributed by atoms with Gasteiger partial charge in [-0.15, -0.1) is 0 Å². The van der Waals surface area contributed by atoms with Gasteiger partial charge in [0, 0.05) is 6.54 Å². The standard InChI is InChI=1S/C14H14ClF2NO2/c15-10-5-11(16)9(4-12(10)17)13(20)18-3-1-2-8-6-14(8,18)7-19/h4-5,8,19H,1-3,6-7H2/t8-,14-/m1/s1. The van der Waals surface area contributed by atoms with Gasteiger partial charge in [0.1, 0.15) is 11.6 Å². The molecule has 1 saturated carbocycles. The summed E-state index contributed by atoms with van der Waals surface area (Å²) in [5, 5.41) is 9.20. The first-order chi connectivity index (χ1) is 9.49. The molecule has 108 valence electrons. The minimum absolute atomic E-state index is 0.138. The highest BCUT2D eigenvalue weighted by Crippen LogP contribution is 2.54. The van der Waals surface area contributed by atoms with Crippen LogP contribution in [0.25, 0.3) is 0 Å². The molecule has 1 heterocycles. The Morgan fingerprint density at radius 2 is 2.20 bits per heavy atom. The zero-order valence-corrected chi connectivity index (χ0v) is 11.5. The molecular weight excluding hydrogens is 288 g/mol. The summed E-state index contributed by atoms with van der Waals surface area (Å²) in [6, 6.07) is 1.64. The molecule has 1 saturated heterocycles. The Morgan fingerprint density at radius 1 is 1.45 bits per heavy atom. The summed E-state index contributed by atoms with van der Waals surface area (Å²) in [6.07, 6.45) is 2.50. The Kier molecular flexibility index (Phi) is 3.21. The zero-order chi connectivity index (χ0) is 14.5. The lowest BCUT2D eigenvalue weighted by Crippen LogP contribution is -2.49. The number of halogens is 3. The molecule has 0 radical (unpaired) electrons. The molecule has 6 heteroatoms. The number of aliphatic hydroxyl groups excluding tert-OH is 1. The Balaban J connectivity index is 1.95. The number of fused-ring (bicyclic) bond motifs is 1. The summed E-state index contributed by atoms with van der Waals surface area (Å²) in [4.78, 5) is 13.9. The number of carbonyl (C=O) groups excluding carboxylic acids is 1. The Labute approximate surface area is 120 Å². The van der Waals surface area contributed by atoms with Crippen molar-refractivity contribution in [2.45, 2.75) is 24.8 Å². The Morgan fingerprint density at radius 3 is 2.90 bits per heavy atom. The summed E-state index contributed by atoms with van der Waals surface area (Å²) in [7, 11) is 0. The number of likely N-dealkylation sites (tertiary alicyclic amines) is 1. The second-order valence-corrected chi connectivity index (χ2v) is 5.92. The van der Waals surface area contributed by atoms with E-state index in [1.807, 2.05) is 0 Å². The Hall–Kier alpha value is -1.20. The van der Waals surface area contributed by atoms with Gasteiger partial charge in [-0.2, -0.15) is 0 Å². The third-order valence-corrected chi connectivity index (χ3v) is 4.72. The average molecular weight is 302 g/mol. The number of aliphatic hydroxyl groups is 1. The van der Waals surface area contributed by atoms with Crippen LogP contribution in [-0.4, -0.2) is 34.6 Å². The molecule has 1 aliphatic carbocycles. The van der Waals surface area contributed by atoms with E-state index >= 15 is 0 Å². The van der Waals surface area contributed by atoms with E-state index in [1.165, 1.54) is 4.90 Å². The molecule has 2 fully saturated rings. The predicted octanol–water partition coefficient (Wildman–Crippen LogP) is 2.61. The molecule has 0 aromatic heterocycles. The molecule has 20 heavy (non-hydrogen) atoms. The second kappa shape index (κ2) is 4.67. The molecule has 1 N–H and O–H groups in total. The maximum Gasteiger partial charge on any atom is 0.257 e. The molecule has 3 nitrogen and oxygen atoms in total. The summed E-state index contributed by atoms with van der Waals surface area (Å²) < 4.78 is 27.3. The first kappa shape index (κ1) is 13.8. The third-order valence-electron chi connectivity index (χ3n) is 4.43. The Bertz CT molecular complexity index is 581. The maximum atomic E-state index is 13.8. The van der Waals surface area contributed by atoms with Crippen LogP contribution < -0.4 is 0 Å². The predicted molar refractivity (Wildman–Crippen MR) is 69.6 cm³/mol. The number of carbonyl (C=O) groups is 1. The molecule has 3 rings (SSSR count). The highest BCUT2D eigenvalue weighted by atomic mass is 35.5. The van der Waals surface area contributed by atoms with Gasteiger partial charge in [0.15, 0.2) is 0 Å². The molecule has 1 aliphatic heterocycles. The van der Waals surface area contributed by atoms with E-state index < -0.39 is 23.1 Å². The number of nitrogens with zero attached hydrogens (tertiary/aromatic N) is 1. The fraction of sp³-hybridized carbons (Fsp3) is 0.500. The van der Waals surface area contributed by atoms with E-state index in [1.54, 1.807) is 0 Å². The van der Waals surface area contributed by atoms with Crippen LogP contribution in [0.5, 0.6) is 0 Å². The number of amides is 1. The van der Waals surface area contributed by atoms with Crippen LogP contribution in [0.3, 0.4) is 0 Å². The van der Waals surface area contributed by atoms with Gasteiger partial charge in [-0.05, 0) is 37.3 Å². The van der Waals surface area contributed by atoms with Crippen LogP contribution in [0.4, 0.5) is 8.78 Å². The number of rotatable bonds is 2. The smallest absolute Gasteiger partial charge is 0.257 e. The van der Waals surface area contributed by atoms with Crippen molar-refractivity contribution in [2.75, 3.05) is 13.2 Å². The number of hydrogen-bond donors (Lipinski definition) is 1. The van der Waals surface area contributed by atoms with E-state index in [0.717, 1.165) is 31.4 Å². The average Bonchev–Trinajstić information content (AvgIpc) is 3.17. The number of hydrogen-bond acceptors (Lipinski definition) is 2. The van der Waals surface area contributed by atoms with Crippen molar-refractivity contribution in [3.05, 3.63) is 34.4 Å². The summed E-state index contributed by atoms with van der Waals surface area (Å²) in [6.45, 7) is 0.320. The molecule has 2 atom stereocenters. The van der Waals surface area contributed by atoms with E-state index in [0.29, 0.717) is 6.54 Å². The lowest BCUT2D eigenvalue weighted by Gasteiger charge is -2.35. The number of piperidine rings is 1. The maximum absolute atomic E-state index is 13.8. The first-order valence-corrected chi connectivity index (χ1v) is 6.95. The largest absolute Gasteiger partial charge is 0.394 e. The van der Waals surface area contributed by atoms with Crippen LogP contribution in [0, 0.1) is 17.6 Å². The summed E-state index contributed by atoms with van der Waals surface area (Å²) in [5.74, 6) is -1.96. The van der Waals surface area contributed by atoms with E-state index in [-0.39, 0.29) is 23.1 Å². The molecule has 0 bridgehead atoms. The molecule has 0 spiro atoms. The zero-order valence-electron chi connectivity index (χ0n) is 10.7. The monoisotopic (exact) mass is 301 g/mol. The van der Waals surface area contributed by atoms with Gasteiger partial charge in [0.05, 0.1) is 22.7 Å². The highest BCUT2D eigenvalue weighted by molar-refractivity contribution is 6.30. The fourth-order valence-electron chi connectivity index (χ4n) is 3.20. The molecule has 1 aromatic carbocycles. The van der Waals surface area contributed by atoms with Crippen LogP contribution in [-0.2, 0) is 0 Å². The van der Waals surface area contributed by atoms with Gasteiger partial charge in [0.25, 0.3) is 5.91 Å². The lowest BCUT2D eigenvalue weighted by atomic mass is 10.0. The van der Waals surface area contributed by atoms with Crippen molar-refractivity contribution in [3.63, 3.8) is 0 Å². The van der Waals surface area contributed by atoms with Gasteiger partial charge in [-0.3, -0.25) is 4.79 Å². The van der Waals surface area contributed by atoms with Crippen molar-refractivity contribution >= 4 is 17.5 Å². The van der Waals surface area contributed by atoms with E-state index in [9.17, 15) is 18.7 Å². The lowest BCUT2D eigenvalue weighted by molar-refractivity contribution is 0.0427. The van der Waals surface area contributed by atoms with E-state index in [2.05, 4.69) is 0 Å². The van der Waals surface area contributed by atoms with Crippen molar-refractivity contribution in [2.24, 2.45) is 5.92 Å². The fourth-order valence-corrected chi connectivity index (χ4v) is 3.35. The van der Waals surface area contributed by atoms with Crippen LogP contribution in [0.15, 0.2) is 12.1 Å². The molecule has 1 aromatic rings. The second-order valence-electron chi connectivity index (χ2n) is 5.51. The van der Waals surface area contributed by atoms with Crippen molar-refractivity contribution < 1.29 is 18.7 Å². The van der Waals surface area contributed by atoms with Gasteiger partial charge >= 0.3 is 0 Å². The molecule has 1 amide bonds. The van der Waals surface area contributed by atoms with Crippen molar-refractivity contribution in [3.8, 4) is 0 Å². The van der Waals surface area contributed by atoms with Crippen molar-refractivity contribution in [1.82, 2.24) is 4.90 Å². The normalized spacial score (nSPS) is 28.2. The van der Waals surface area contributed by atoms with Crippen LogP contribution in [0.1, 0.15) is 29.6 Å². The quantitative estimate of drug-likeness (QED) is 0.853. The van der Waals surface area contributed by atoms with Crippen LogP contribution >= 0.6 is 11.6 Å². The van der Waals surface area contributed by atoms with Crippen molar-refractivity contribution in [1.29, 1.82) is 0 Å². The first-order valence-electron chi connectivity index (χ1n) is 6.57. The SMILES string of the molecule is O=C(c1cc(F)c(Cl)cc1F)N1CCC[C@@H]2C[C@@]21CO. The number of benzene rings is 1. The van der Waals surface area contributed by atoms with Gasteiger partial charge < -0.3 is 10.0 Å². The minimum atomic E-state index is -0.836. The molecule has 0 unspecified atom stereocenters. The van der Waals surface area contributed by atoms with Gasteiger partial charge in [-0.25, -0.2) is 8.78 Å². The third kappa shape index (κ3) is 1.91. The topological polar surface area (TPSA) is 40.5 Å². The van der Waals surface area contributed by atoms with E-state index in [4.69, 9.17) is 11.6 Å². The van der Waals surface area contributed by atoms with Crippen LogP contribution in [0.2, 0.25) is 5.02 Å². The molecular formula is C14H14ClF2NO2. The summed E-state index contributed by atoms with van der Waals surface area (Å²) in [5.41, 5.74) is -0.898. The van der Waals surface area contributed by atoms with Gasteiger partial charge in [0.2, 0.25) is 0 Å². The minimum Gasteiger partial charge on any atom is -0.394 e. The summed E-state index contributed by atoms with van der Waals surface area (Å²) >= 11 is 5.49. The van der Waals surface area contributed by atoms with Gasteiger partial charge in [-0.1, -0.05) is 11.6 Å². The molecule has 2 aliphatic rings. The highest BCUT2D eigenvalue weighted by Gasteiger charge is 2.60.